The number of hydrogen-bond acceptors (Lipinski definition) is 2. The maximum atomic E-state index is 12.8. The van der Waals surface area contributed by atoms with Crippen LogP contribution < -0.4 is 0 Å². The highest BCUT2D eigenvalue weighted by Gasteiger charge is 1.98. The minimum Gasteiger partial charge on any atom is -0.505 e. The highest BCUT2D eigenvalue weighted by molar-refractivity contribution is 5.70. The largest absolute Gasteiger partial charge is 0.505 e. The van der Waals surface area contributed by atoms with E-state index in [0.717, 1.165) is 6.07 Å². The minimum absolute atomic E-state index is 0.109. The number of carboxylic acid groups (broad SMARTS) is 1. The molecule has 0 aliphatic carbocycles. The van der Waals surface area contributed by atoms with Gasteiger partial charge in [-0.15, -0.1) is 0 Å². The van der Waals surface area contributed by atoms with Crippen molar-refractivity contribution in [2.45, 2.75) is 6.42 Å². The summed E-state index contributed by atoms with van der Waals surface area (Å²) < 4.78 is 12.8. The highest BCUT2D eigenvalue weighted by Crippen LogP contribution is 2.16. The number of phenols is 1. The molecule has 0 radical (unpaired) electrons. The number of hydrogen-bond donors (Lipinski definition) is 2. The molecule has 0 fully saturated rings. The average Bonchev–Trinajstić information content (AvgIpc) is 2.10. The third kappa shape index (κ3) is 2.90. The van der Waals surface area contributed by atoms with E-state index in [9.17, 15) is 9.18 Å². The van der Waals surface area contributed by atoms with Gasteiger partial charge in [0.2, 0.25) is 0 Å². The lowest BCUT2D eigenvalue weighted by atomic mass is 10.2. The van der Waals surface area contributed by atoms with Crippen molar-refractivity contribution in [3.63, 3.8) is 0 Å². The lowest BCUT2D eigenvalue weighted by molar-refractivity contribution is -0.135. The van der Waals surface area contributed by atoms with Crippen LogP contribution in [0.25, 0.3) is 6.08 Å². The maximum absolute atomic E-state index is 12.8. The summed E-state index contributed by atoms with van der Waals surface area (Å²) in [6.07, 6.45) is 2.79. The summed E-state index contributed by atoms with van der Waals surface area (Å²) in [6.45, 7) is 0. The van der Waals surface area contributed by atoms with Crippen molar-refractivity contribution < 1.29 is 19.4 Å². The average molecular weight is 196 g/mol. The molecular weight excluding hydrogens is 187 g/mol. The van der Waals surface area contributed by atoms with E-state index in [4.69, 9.17) is 10.2 Å². The molecule has 4 heteroatoms. The first-order chi connectivity index (χ1) is 6.59. The van der Waals surface area contributed by atoms with E-state index in [-0.39, 0.29) is 6.42 Å². The number of benzene rings is 1. The van der Waals surface area contributed by atoms with Gasteiger partial charge in [-0.2, -0.15) is 0 Å². The van der Waals surface area contributed by atoms with Crippen LogP contribution in [-0.2, 0) is 4.79 Å². The molecule has 3 nitrogen and oxygen atoms in total. The van der Waals surface area contributed by atoms with Gasteiger partial charge in [0.05, 0.1) is 6.42 Å². The molecule has 1 aromatic rings. The van der Waals surface area contributed by atoms with Gasteiger partial charge in [-0.05, 0) is 17.7 Å². The molecule has 0 unspecified atom stereocenters. The Bertz CT molecular complexity index is 372. The van der Waals surface area contributed by atoms with E-state index in [1.807, 2.05) is 0 Å². The highest BCUT2D eigenvalue weighted by atomic mass is 19.1. The molecule has 0 bridgehead atoms. The molecule has 0 spiro atoms. The first-order valence-electron chi connectivity index (χ1n) is 3.96. The van der Waals surface area contributed by atoms with Gasteiger partial charge >= 0.3 is 5.97 Å². The van der Waals surface area contributed by atoms with E-state index >= 15 is 0 Å². The molecule has 0 aliphatic heterocycles. The van der Waals surface area contributed by atoms with Gasteiger partial charge in [0.15, 0.2) is 11.6 Å². The number of aromatic hydroxyl groups is 1. The molecule has 2 N–H and O–H groups in total. The summed E-state index contributed by atoms with van der Waals surface area (Å²) in [7, 11) is 0. The topological polar surface area (TPSA) is 57.5 Å². The molecule has 0 heterocycles. The quantitative estimate of drug-likeness (QED) is 0.777. The number of carboxylic acids is 1. The van der Waals surface area contributed by atoms with Crippen molar-refractivity contribution in [2.75, 3.05) is 0 Å². The minimum atomic E-state index is -0.944. The predicted molar refractivity (Wildman–Crippen MR) is 49.4 cm³/mol. The summed E-state index contributed by atoms with van der Waals surface area (Å²) in [6, 6.07) is 3.85. The Morgan fingerprint density at radius 1 is 1.50 bits per heavy atom. The second-order valence-electron chi connectivity index (χ2n) is 2.71. The number of phenolic OH excluding ortho intramolecular Hbond substituents is 1. The smallest absolute Gasteiger partial charge is 0.307 e. The van der Waals surface area contributed by atoms with Gasteiger partial charge in [-0.25, -0.2) is 4.39 Å². The van der Waals surface area contributed by atoms with Gasteiger partial charge in [-0.3, -0.25) is 4.79 Å². The number of halogens is 1. The number of aliphatic carboxylic acids is 1. The molecule has 74 valence electrons. The zero-order valence-electron chi connectivity index (χ0n) is 7.27. The molecule has 0 aromatic heterocycles. The Hall–Kier alpha value is -1.84. The molecule has 1 rings (SSSR count). The Morgan fingerprint density at radius 2 is 2.21 bits per heavy atom. The van der Waals surface area contributed by atoms with Crippen LogP contribution in [0.1, 0.15) is 12.0 Å². The first kappa shape index (κ1) is 10.2. The van der Waals surface area contributed by atoms with Crippen molar-refractivity contribution in [2.24, 2.45) is 0 Å². The molecule has 0 atom stereocenters. The van der Waals surface area contributed by atoms with E-state index in [2.05, 4.69) is 0 Å². The Morgan fingerprint density at radius 3 is 2.79 bits per heavy atom. The SMILES string of the molecule is O=C(O)CC=Cc1ccc(O)c(F)c1. The van der Waals surface area contributed by atoms with E-state index in [1.54, 1.807) is 0 Å². The fourth-order valence-electron chi connectivity index (χ4n) is 0.923. The van der Waals surface area contributed by atoms with Crippen LogP contribution in [0.3, 0.4) is 0 Å². The van der Waals surface area contributed by atoms with Crippen molar-refractivity contribution in [1.82, 2.24) is 0 Å². The van der Waals surface area contributed by atoms with Crippen LogP contribution in [-0.4, -0.2) is 16.2 Å². The molecule has 1 aromatic carbocycles. The van der Waals surface area contributed by atoms with Crippen molar-refractivity contribution in [3.05, 3.63) is 35.7 Å². The predicted octanol–water partition coefficient (Wildman–Crippen LogP) is 2.02. The van der Waals surface area contributed by atoms with Crippen LogP contribution in [0.15, 0.2) is 24.3 Å². The van der Waals surface area contributed by atoms with E-state index in [0.29, 0.717) is 5.56 Å². The van der Waals surface area contributed by atoms with Gasteiger partial charge in [0, 0.05) is 0 Å². The lowest BCUT2D eigenvalue weighted by Crippen LogP contribution is -1.89. The monoisotopic (exact) mass is 196 g/mol. The summed E-state index contributed by atoms with van der Waals surface area (Å²) >= 11 is 0. The second-order valence-corrected chi connectivity index (χ2v) is 2.71. The third-order valence-corrected chi connectivity index (χ3v) is 1.57. The fraction of sp³-hybridized carbons (Fsp3) is 0.100. The molecule has 0 saturated heterocycles. The van der Waals surface area contributed by atoms with Gasteiger partial charge in [0.1, 0.15) is 0 Å². The third-order valence-electron chi connectivity index (χ3n) is 1.57. The molecule has 0 amide bonds. The van der Waals surface area contributed by atoms with Crippen molar-refractivity contribution in [3.8, 4) is 5.75 Å². The van der Waals surface area contributed by atoms with Gasteiger partial charge in [0.25, 0.3) is 0 Å². The van der Waals surface area contributed by atoms with Crippen LogP contribution in [0, 0.1) is 5.82 Å². The number of rotatable bonds is 3. The Labute approximate surface area is 80.1 Å². The molecule has 0 saturated carbocycles. The van der Waals surface area contributed by atoms with E-state index < -0.39 is 17.5 Å². The van der Waals surface area contributed by atoms with Crippen LogP contribution >= 0.6 is 0 Å². The Balaban J connectivity index is 2.73. The molecule has 0 aliphatic rings. The zero-order valence-corrected chi connectivity index (χ0v) is 7.27. The fourth-order valence-corrected chi connectivity index (χ4v) is 0.923. The maximum Gasteiger partial charge on any atom is 0.307 e. The Kier molecular flexibility index (Phi) is 3.23. The summed E-state index contributed by atoms with van der Waals surface area (Å²) in [5.41, 5.74) is 0.515. The molecule has 14 heavy (non-hydrogen) atoms. The van der Waals surface area contributed by atoms with Crippen molar-refractivity contribution in [1.29, 1.82) is 0 Å². The summed E-state index contributed by atoms with van der Waals surface area (Å²) in [5, 5.41) is 17.2. The van der Waals surface area contributed by atoms with Crippen LogP contribution in [0.2, 0.25) is 0 Å². The van der Waals surface area contributed by atoms with Crippen molar-refractivity contribution >= 4 is 12.0 Å². The lowest BCUT2D eigenvalue weighted by Gasteiger charge is -1.96. The van der Waals surface area contributed by atoms with Crippen LogP contribution in [0.5, 0.6) is 5.75 Å². The van der Waals surface area contributed by atoms with E-state index in [1.165, 1.54) is 24.3 Å². The standard InChI is InChI=1S/C10H9FO3/c11-8-6-7(4-5-9(8)12)2-1-3-10(13)14/h1-2,4-6,12H,3H2,(H,13,14). The summed E-state index contributed by atoms with van der Waals surface area (Å²) in [4.78, 5) is 10.1. The number of carbonyl (C=O) groups is 1. The first-order valence-corrected chi connectivity index (χ1v) is 3.96. The summed E-state index contributed by atoms with van der Waals surface area (Å²) in [5.74, 6) is -2.08. The van der Waals surface area contributed by atoms with Gasteiger partial charge < -0.3 is 10.2 Å². The second kappa shape index (κ2) is 4.41. The normalized spacial score (nSPS) is 10.6. The molecular formula is C10H9FO3. The van der Waals surface area contributed by atoms with Gasteiger partial charge in [-0.1, -0.05) is 18.2 Å². The van der Waals surface area contributed by atoms with Crippen LogP contribution in [0.4, 0.5) is 4.39 Å². The zero-order chi connectivity index (χ0) is 10.6.